The largest absolute Gasteiger partial charge is 0.263 e. The normalized spacial score (nSPS) is 11.7. The molecule has 0 saturated carbocycles. The van der Waals surface area contributed by atoms with Crippen molar-refractivity contribution in [3.8, 4) is 0 Å². The molecule has 0 fully saturated rings. The maximum absolute atomic E-state index is 12.4. The standard InChI is InChI=1S/C17H16N4O2S2/c1-2-16-19-20-17(24-16)21-25(22,23)15-10-8-14(9-11-15)18-12-13-6-4-3-5-7-13/h3-12H,2H2,1H3,(H,20,21). The summed E-state index contributed by atoms with van der Waals surface area (Å²) in [4.78, 5) is 4.49. The van der Waals surface area contributed by atoms with Gasteiger partial charge in [-0.3, -0.25) is 9.71 Å². The zero-order chi connectivity index (χ0) is 17.7. The summed E-state index contributed by atoms with van der Waals surface area (Å²) in [6.45, 7) is 1.94. The van der Waals surface area contributed by atoms with Crippen molar-refractivity contribution in [1.29, 1.82) is 0 Å². The van der Waals surface area contributed by atoms with Crippen LogP contribution in [0.3, 0.4) is 0 Å². The predicted octanol–water partition coefficient (Wildman–Crippen LogP) is 3.65. The highest BCUT2D eigenvalue weighted by Gasteiger charge is 2.16. The minimum Gasteiger partial charge on any atom is -0.256 e. The molecule has 128 valence electrons. The van der Waals surface area contributed by atoms with Crippen LogP contribution < -0.4 is 4.72 Å². The zero-order valence-electron chi connectivity index (χ0n) is 13.5. The van der Waals surface area contributed by atoms with E-state index in [0.717, 1.165) is 10.6 Å². The van der Waals surface area contributed by atoms with Crippen molar-refractivity contribution >= 4 is 38.4 Å². The van der Waals surface area contributed by atoms with Crippen LogP contribution in [0.15, 0.2) is 64.5 Å². The second kappa shape index (κ2) is 7.54. The average molecular weight is 372 g/mol. The molecule has 8 heteroatoms. The van der Waals surface area contributed by atoms with Crippen LogP contribution in [-0.4, -0.2) is 24.8 Å². The Morgan fingerprint density at radius 3 is 2.44 bits per heavy atom. The molecule has 0 amide bonds. The van der Waals surface area contributed by atoms with Gasteiger partial charge in [0, 0.05) is 6.21 Å². The minimum absolute atomic E-state index is 0.152. The Balaban J connectivity index is 1.73. The maximum Gasteiger partial charge on any atom is 0.263 e. The van der Waals surface area contributed by atoms with Gasteiger partial charge < -0.3 is 0 Å². The van der Waals surface area contributed by atoms with E-state index in [0.29, 0.717) is 12.1 Å². The van der Waals surface area contributed by atoms with Crippen molar-refractivity contribution in [2.24, 2.45) is 4.99 Å². The molecule has 1 heterocycles. The Bertz CT molecular complexity index is 965. The molecule has 0 aliphatic heterocycles. The number of rotatable bonds is 6. The molecule has 0 radical (unpaired) electrons. The lowest BCUT2D eigenvalue weighted by Gasteiger charge is -2.04. The molecule has 0 atom stereocenters. The van der Waals surface area contributed by atoms with Gasteiger partial charge in [0.15, 0.2) is 0 Å². The summed E-state index contributed by atoms with van der Waals surface area (Å²) in [5.41, 5.74) is 1.65. The first kappa shape index (κ1) is 17.2. The molecule has 3 rings (SSSR count). The second-order valence-electron chi connectivity index (χ2n) is 5.12. The van der Waals surface area contributed by atoms with E-state index in [1.54, 1.807) is 18.3 Å². The number of nitrogens with one attached hydrogen (secondary N) is 1. The molecule has 6 nitrogen and oxygen atoms in total. The lowest BCUT2D eigenvalue weighted by atomic mass is 10.2. The molecule has 1 aromatic heterocycles. The summed E-state index contributed by atoms with van der Waals surface area (Å²) in [7, 11) is -3.69. The maximum atomic E-state index is 12.4. The van der Waals surface area contributed by atoms with E-state index in [1.807, 2.05) is 37.3 Å². The monoisotopic (exact) mass is 372 g/mol. The van der Waals surface area contributed by atoms with Gasteiger partial charge in [0.1, 0.15) is 5.01 Å². The third-order valence-electron chi connectivity index (χ3n) is 3.30. The van der Waals surface area contributed by atoms with Gasteiger partial charge >= 0.3 is 0 Å². The highest BCUT2D eigenvalue weighted by Crippen LogP contribution is 2.22. The summed E-state index contributed by atoms with van der Waals surface area (Å²) in [6, 6.07) is 16.0. The number of sulfonamides is 1. The summed E-state index contributed by atoms with van der Waals surface area (Å²) in [5.74, 6) is 0. The number of aryl methyl sites for hydroxylation is 1. The fourth-order valence-corrected chi connectivity index (χ4v) is 3.92. The van der Waals surface area contributed by atoms with Crippen LogP contribution in [-0.2, 0) is 16.4 Å². The first-order chi connectivity index (χ1) is 12.1. The van der Waals surface area contributed by atoms with Crippen LogP contribution in [0.5, 0.6) is 0 Å². The van der Waals surface area contributed by atoms with Crippen LogP contribution >= 0.6 is 11.3 Å². The van der Waals surface area contributed by atoms with Crippen molar-refractivity contribution in [3.05, 3.63) is 65.2 Å². The molecular weight excluding hydrogens is 356 g/mol. The molecule has 0 saturated heterocycles. The first-order valence-electron chi connectivity index (χ1n) is 7.61. The van der Waals surface area contributed by atoms with Crippen molar-refractivity contribution in [2.75, 3.05) is 4.72 Å². The van der Waals surface area contributed by atoms with Gasteiger partial charge in [-0.15, -0.1) is 10.2 Å². The Kier molecular flexibility index (Phi) is 5.20. The number of anilines is 1. The molecule has 25 heavy (non-hydrogen) atoms. The van der Waals surface area contributed by atoms with E-state index in [2.05, 4.69) is 19.9 Å². The predicted molar refractivity (Wildman–Crippen MR) is 100 cm³/mol. The quantitative estimate of drug-likeness (QED) is 0.669. The van der Waals surface area contributed by atoms with Crippen LogP contribution in [0.25, 0.3) is 0 Å². The summed E-state index contributed by atoms with van der Waals surface area (Å²) in [5, 5.41) is 8.78. The number of hydrogen-bond acceptors (Lipinski definition) is 6. The molecule has 0 bridgehead atoms. The van der Waals surface area contributed by atoms with Gasteiger partial charge in [-0.2, -0.15) is 0 Å². The van der Waals surface area contributed by atoms with Crippen molar-refractivity contribution in [1.82, 2.24) is 10.2 Å². The summed E-state index contributed by atoms with van der Waals surface area (Å²) < 4.78 is 27.2. The number of benzene rings is 2. The van der Waals surface area contributed by atoms with Gasteiger partial charge in [-0.25, -0.2) is 8.42 Å². The molecule has 1 N–H and O–H groups in total. The zero-order valence-corrected chi connectivity index (χ0v) is 15.1. The van der Waals surface area contributed by atoms with Gasteiger partial charge in [-0.05, 0) is 36.2 Å². The van der Waals surface area contributed by atoms with E-state index in [-0.39, 0.29) is 10.0 Å². The van der Waals surface area contributed by atoms with Gasteiger partial charge in [0.2, 0.25) is 5.13 Å². The number of hydrogen-bond donors (Lipinski definition) is 1. The SMILES string of the molecule is CCc1nnc(NS(=O)(=O)c2ccc(N=Cc3ccccc3)cc2)s1. The fourth-order valence-electron chi connectivity index (χ4n) is 2.01. The second-order valence-corrected chi connectivity index (χ2v) is 7.87. The van der Waals surface area contributed by atoms with Crippen LogP contribution in [0.4, 0.5) is 10.8 Å². The molecule has 3 aromatic rings. The highest BCUT2D eigenvalue weighted by atomic mass is 32.2. The van der Waals surface area contributed by atoms with Crippen molar-refractivity contribution < 1.29 is 8.42 Å². The lowest BCUT2D eigenvalue weighted by molar-refractivity contribution is 0.601. The third kappa shape index (κ3) is 4.49. The van der Waals surface area contributed by atoms with Gasteiger partial charge in [0.25, 0.3) is 10.0 Å². The lowest BCUT2D eigenvalue weighted by Crippen LogP contribution is -2.12. The number of aliphatic imine (C=N–C) groups is 1. The van der Waals surface area contributed by atoms with Crippen LogP contribution in [0.1, 0.15) is 17.5 Å². The van der Waals surface area contributed by atoms with Gasteiger partial charge in [-0.1, -0.05) is 48.6 Å². The highest BCUT2D eigenvalue weighted by molar-refractivity contribution is 7.93. The Hall–Kier alpha value is -2.58. The van der Waals surface area contributed by atoms with E-state index in [4.69, 9.17) is 0 Å². The Morgan fingerprint density at radius 2 is 1.80 bits per heavy atom. The van der Waals surface area contributed by atoms with Gasteiger partial charge in [0.05, 0.1) is 10.6 Å². The molecule has 0 aliphatic carbocycles. The van der Waals surface area contributed by atoms with E-state index >= 15 is 0 Å². The van der Waals surface area contributed by atoms with Crippen LogP contribution in [0.2, 0.25) is 0 Å². The van der Waals surface area contributed by atoms with E-state index in [9.17, 15) is 8.42 Å². The number of aromatic nitrogens is 2. The van der Waals surface area contributed by atoms with E-state index in [1.165, 1.54) is 23.5 Å². The molecule has 0 spiro atoms. The number of nitrogens with zero attached hydrogens (tertiary/aromatic N) is 3. The Morgan fingerprint density at radius 1 is 1.08 bits per heavy atom. The smallest absolute Gasteiger partial charge is 0.256 e. The van der Waals surface area contributed by atoms with Crippen molar-refractivity contribution in [3.63, 3.8) is 0 Å². The average Bonchev–Trinajstić information content (AvgIpc) is 3.08. The van der Waals surface area contributed by atoms with E-state index < -0.39 is 10.0 Å². The topological polar surface area (TPSA) is 84.3 Å². The van der Waals surface area contributed by atoms with Crippen molar-refractivity contribution in [2.45, 2.75) is 18.2 Å². The molecule has 0 aliphatic rings. The summed E-state index contributed by atoms with van der Waals surface area (Å²) >= 11 is 1.23. The molecule has 0 unspecified atom stereocenters. The molecular formula is C17H16N4O2S2. The molecule has 2 aromatic carbocycles. The minimum atomic E-state index is -3.69. The Labute approximate surface area is 150 Å². The first-order valence-corrected chi connectivity index (χ1v) is 9.91. The fraction of sp³-hybridized carbons (Fsp3) is 0.118. The van der Waals surface area contributed by atoms with Crippen LogP contribution in [0, 0.1) is 0 Å². The summed E-state index contributed by atoms with van der Waals surface area (Å²) in [6.07, 6.45) is 2.45. The third-order valence-corrected chi connectivity index (χ3v) is 5.77.